The Labute approximate surface area is 354 Å². The molecule has 0 saturated carbocycles. The number of para-hydroxylation sites is 2. The van der Waals surface area contributed by atoms with Crippen molar-refractivity contribution < 1.29 is 24.5 Å². The molecule has 0 spiro atoms. The average molecular weight is 932 g/mol. The average Bonchev–Trinajstić information content (AvgIpc) is 3.89. The molecule has 0 aliphatic rings. The van der Waals surface area contributed by atoms with Crippen LogP contribution in [0.4, 0.5) is 0 Å². The first-order valence-electron chi connectivity index (χ1n) is 19.4. The van der Waals surface area contributed by atoms with E-state index < -0.39 is 0 Å². The predicted octanol–water partition coefficient (Wildman–Crippen LogP) is 14.1. The number of rotatable bonds is 3. The van der Waals surface area contributed by atoms with E-state index in [1.54, 1.807) is 6.20 Å². The number of imidazole rings is 1. The fraction of sp³-hybridized carbons (Fsp3) is 0. The Morgan fingerprint density at radius 2 is 1.15 bits per heavy atom. The molecule has 1 radical (unpaired) electrons. The SMILES string of the molecule is [Ir].[c-]1ccc2c(oc3cc(-c4ccccc4)ccc32)c1-c1nc2cccc3c4ccccc4c4ccccc4c4ccccc4n1c23.[c-]1ccccc1-c1ccccn1. The van der Waals surface area contributed by atoms with E-state index in [1.165, 1.54) is 21.5 Å². The molecule has 12 rings (SSSR count). The van der Waals surface area contributed by atoms with Gasteiger partial charge in [0.1, 0.15) is 5.58 Å². The molecule has 4 aromatic heterocycles. The Morgan fingerprint density at radius 1 is 0.475 bits per heavy atom. The van der Waals surface area contributed by atoms with Crippen LogP contribution < -0.4 is 0 Å². The van der Waals surface area contributed by atoms with Gasteiger partial charge >= 0.3 is 0 Å². The summed E-state index contributed by atoms with van der Waals surface area (Å²) in [6.07, 6.45) is 1.79. The van der Waals surface area contributed by atoms with Gasteiger partial charge in [-0.25, -0.2) is 0 Å². The Bertz CT molecular complexity index is 3470. The zero-order valence-electron chi connectivity index (χ0n) is 31.6. The van der Waals surface area contributed by atoms with Crippen molar-refractivity contribution in [2.75, 3.05) is 0 Å². The van der Waals surface area contributed by atoms with E-state index >= 15 is 0 Å². The summed E-state index contributed by atoms with van der Waals surface area (Å²) in [5.74, 6) is 0.805. The summed E-state index contributed by atoms with van der Waals surface area (Å²) < 4.78 is 9.07. The summed E-state index contributed by atoms with van der Waals surface area (Å²) in [6.45, 7) is 0. The van der Waals surface area contributed by atoms with Gasteiger partial charge < -0.3 is 13.8 Å². The number of hydrogen-bond acceptors (Lipinski definition) is 3. The predicted molar refractivity (Wildman–Crippen MR) is 240 cm³/mol. The van der Waals surface area contributed by atoms with Crippen LogP contribution in [-0.2, 0) is 20.1 Å². The maximum absolute atomic E-state index is 6.74. The quantitative estimate of drug-likeness (QED) is 0.166. The molecule has 0 aliphatic carbocycles. The van der Waals surface area contributed by atoms with Crippen molar-refractivity contribution in [2.24, 2.45) is 0 Å². The van der Waals surface area contributed by atoms with Crippen LogP contribution in [0, 0.1) is 12.1 Å². The number of nitrogens with zero attached hydrogens (tertiary/aromatic N) is 3. The monoisotopic (exact) mass is 932 g/mol. The van der Waals surface area contributed by atoms with Crippen LogP contribution in [0.15, 0.2) is 205 Å². The first-order chi connectivity index (χ1) is 28.8. The molecule has 59 heavy (non-hydrogen) atoms. The molecule has 4 heterocycles. The number of pyridine rings is 1. The first kappa shape index (κ1) is 36.2. The van der Waals surface area contributed by atoms with Crippen LogP contribution in [0.1, 0.15) is 0 Å². The number of hydrogen-bond donors (Lipinski definition) is 0. The molecule has 8 aromatic carbocycles. The maximum Gasteiger partial charge on any atom is 0.121 e. The molecule has 0 atom stereocenters. The normalized spacial score (nSPS) is 11.3. The first-order valence-corrected chi connectivity index (χ1v) is 19.4. The molecule has 0 fully saturated rings. The number of fused-ring (bicyclic) bond motifs is 10. The number of aromatic nitrogens is 3. The van der Waals surface area contributed by atoms with Crippen LogP contribution in [0.2, 0.25) is 0 Å². The summed E-state index contributed by atoms with van der Waals surface area (Å²) in [6, 6.07) is 73.9. The van der Waals surface area contributed by atoms with Crippen molar-refractivity contribution in [3.8, 4) is 33.8 Å². The van der Waals surface area contributed by atoms with Crippen LogP contribution in [0.5, 0.6) is 0 Å². The molecule has 12 aromatic rings. The summed E-state index contributed by atoms with van der Waals surface area (Å²) in [4.78, 5) is 9.57. The van der Waals surface area contributed by atoms with Crippen molar-refractivity contribution in [1.82, 2.24) is 14.4 Å². The molecule has 4 nitrogen and oxygen atoms in total. The van der Waals surface area contributed by atoms with Gasteiger partial charge in [-0.15, -0.1) is 54.1 Å². The Kier molecular flexibility index (Phi) is 9.38. The molecule has 5 heteroatoms. The zero-order chi connectivity index (χ0) is 38.4. The van der Waals surface area contributed by atoms with Gasteiger partial charge in [-0.05, 0) is 62.6 Å². The molecular weight excluding hydrogens is 899 g/mol. The van der Waals surface area contributed by atoms with Gasteiger partial charge in [0.05, 0.1) is 22.4 Å². The van der Waals surface area contributed by atoms with Crippen molar-refractivity contribution >= 4 is 70.8 Å². The van der Waals surface area contributed by atoms with Gasteiger partial charge in [-0.1, -0.05) is 144 Å². The smallest absolute Gasteiger partial charge is 0.121 e. The van der Waals surface area contributed by atoms with E-state index in [0.29, 0.717) is 0 Å². The fourth-order valence-electron chi connectivity index (χ4n) is 8.34. The van der Waals surface area contributed by atoms with Crippen LogP contribution >= 0.6 is 0 Å². The minimum Gasteiger partial charge on any atom is -0.501 e. The Balaban J connectivity index is 0.000000279. The molecule has 0 unspecified atom stereocenters. The molecular formula is C54H33IrN3O-2. The molecule has 0 aliphatic heterocycles. The van der Waals surface area contributed by atoms with Gasteiger partial charge in [0.15, 0.2) is 0 Å². The van der Waals surface area contributed by atoms with E-state index in [1.807, 2.05) is 54.6 Å². The summed E-state index contributed by atoms with van der Waals surface area (Å²) in [5.41, 5.74) is 9.84. The van der Waals surface area contributed by atoms with E-state index in [0.717, 1.165) is 83.0 Å². The van der Waals surface area contributed by atoms with Crippen molar-refractivity contribution in [3.63, 3.8) is 0 Å². The molecule has 0 saturated heterocycles. The van der Waals surface area contributed by atoms with Gasteiger partial charge in [-0.3, -0.25) is 4.98 Å². The summed E-state index contributed by atoms with van der Waals surface area (Å²) >= 11 is 0. The standard InChI is InChI=1S/C43H25N2O.C11H8N.Ir/c1-2-12-27(13-3-1)28-24-25-34-36-20-10-21-37(42(36)46-40(34)26-28)43-44-38-22-11-19-35-32-17-7-5-15-30(32)29-14-4-6-16-31(29)33-18-8-9-23-39(33)45(43)41(35)38;1-2-6-10(7-3-1)11-8-4-5-9-12-11;/h1-20,22-26H;1-6,8-9H;/q2*-1;. The zero-order valence-corrected chi connectivity index (χ0v) is 34.0. The minimum absolute atomic E-state index is 0. The second kappa shape index (κ2) is 15.3. The third kappa shape index (κ3) is 6.29. The summed E-state index contributed by atoms with van der Waals surface area (Å²) in [7, 11) is 0. The Hall–Kier alpha value is -7.17. The van der Waals surface area contributed by atoms with E-state index in [9.17, 15) is 0 Å². The van der Waals surface area contributed by atoms with Crippen LogP contribution in [-0.4, -0.2) is 14.4 Å². The van der Waals surface area contributed by atoms with Gasteiger partial charge in [0, 0.05) is 48.0 Å². The molecule has 0 bridgehead atoms. The third-order valence-electron chi connectivity index (χ3n) is 11.0. The van der Waals surface area contributed by atoms with Crippen molar-refractivity contribution in [2.45, 2.75) is 0 Å². The molecule has 0 amide bonds. The molecule has 281 valence electrons. The van der Waals surface area contributed by atoms with Gasteiger partial charge in [0.2, 0.25) is 0 Å². The van der Waals surface area contributed by atoms with Gasteiger partial charge in [-0.2, -0.15) is 0 Å². The maximum atomic E-state index is 6.74. The van der Waals surface area contributed by atoms with Crippen LogP contribution in [0.25, 0.3) is 105 Å². The topological polar surface area (TPSA) is 43.3 Å². The van der Waals surface area contributed by atoms with Crippen molar-refractivity contribution in [3.05, 3.63) is 212 Å². The second-order valence-electron chi connectivity index (χ2n) is 14.3. The largest absolute Gasteiger partial charge is 0.501 e. The number of furan rings is 1. The van der Waals surface area contributed by atoms with E-state index in [2.05, 4.69) is 161 Å². The second-order valence-corrected chi connectivity index (χ2v) is 14.3. The van der Waals surface area contributed by atoms with E-state index in [4.69, 9.17) is 9.40 Å². The minimum atomic E-state index is 0. The van der Waals surface area contributed by atoms with Gasteiger partial charge in [0.25, 0.3) is 0 Å². The molecule has 0 N–H and O–H groups in total. The summed E-state index contributed by atoms with van der Waals surface area (Å²) in [5, 5.41) is 9.20. The third-order valence-corrected chi connectivity index (χ3v) is 11.0. The fourth-order valence-corrected chi connectivity index (χ4v) is 8.34. The number of benzene rings is 8. The Morgan fingerprint density at radius 3 is 1.90 bits per heavy atom. The van der Waals surface area contributed by atoms with Crippen LogP contribution in [0.3, 0.4) is 0 Å². The van der Waals surface area contributed by atoms with E-state index in [-0.39, 0.29) is 20.1 Å². The van der Waals surface area contributed by atoms with Crippen molar-refractivity contribution in [1.29, 1.82) is 0 Å².